The second kappa shape index (κ2) is 9.02. The maximum absolute atomic E-state index is 14.0. The number of carboxylic acids is 1. The number of hydrogen-bond donors (Lipinski definition) is 1. The summed E-state index contributed by atoms with van der Waals surface area (Å²) in [6.07, 6.45) is 2.00. The minimum Gasteiger partial charge on any atom is -0.478 e. The van der Waals surface area contributed by atoms with Gasteiger partial charge in [0, 0.05) is 18.2 Å². The lowest BCUT2D eigenvalue weighted by Crippen LogP contribution is -2.37. The van der Waals surface area contributed by atoms with Crippen LogP contribution in [0.1, 0.15) is 54.1 Å². The van der Waals surface area contributed by atoms with Gasteiger partial charge in [-0.15, -0.1) is 0 Å². The molecule has 0 spiro atoms. The molecule has 3 aromatic carbocycles. The van der Waals surface area contributed by atoms with Crippen molar-refractivity contribution in [3.05, 3.63) is 98.9 Å². The molecule has 0 unspecified atom stereocenters. The van der Waals surface area contributed by atoms with E-state index in [-0.39, 0.29) is 11.3 Å². The summed E-state index contributed by atoms with van der Waals surface area (Å²) in [7, 11) is 0. The average Bonchev–Trinajstić information content (AvgIpc) is 3.16. The first-order chi connectivity index (χ1) is 16.8. The highest BCUT2D eigenvalue weighted by Gasteiger charge is 2.30. The number of fused-ring (bicyclic) bond motifs is 1. The molecule has 4 aromatic rings. The van der Waals surface area contributed by atoms with Crippen LogP contribution in [0.2, 0.25) is 5.02 Å². The van der Waals surface area contributed by atoms with Crippen molar-refractivity contribution in [3.63, 3.8) is 0 Å². The van der Waals surface area contributed by atoms with Crippen LogP contribution in [0.4, 0.5) is 0 Å². The van der Waals surface area contributed by atoms with Crippen LogP contribution < -0.4 is 5.69 Å². The summed E-state index contributed by atoms with van der Waals surface area (Å²) in [4.78, 5) is 25.5. The summed E-state index contributed by atoms with van der Waals surface area (Å²) in [5.74, 6) is -0.542. The Morgan fingerprint density at radius 2 is 1.71 bits per heavy atom. The van der Waals surface area contributed by atoms with E-state index in [4.69, 9.17) is 16.3 Å². The number of benzene rings is 3. The van der Waals surface area contributed by atoms with Crippen molar-refractivity contribution in [3.8, 4) is 5.69 Å². The molecule has 0 radical (unpaired) electrons. The van der Waals surface area contributed by atoms with Gasteiger partial charge in [0.25, 0.3) is 0 Å². The van der Waals surface area contributed by atoms with E-state index < -0.39 is 11.5 Å². The second-order valence-corrected chi connectivity index (χ2v) is 9.95. The number of halogens is 1. The number of carbonyl (C=O) groups is 1. The Bertz CT molecular complexity index is 1460. The molecular formula is C28H27ClN2O4. The highest BCUT2D eigenvalue weighted by atomic mass is 35.5. The molecule has 0 saturated carbocycles. The van der Waals surface area contributed by atoms with Crippen molar-refractivity contribution in [1.29, 1.82) is 0 Å². The zero-order valence-electron chi connectivity index (χ0n) is 19.7. The number of aromatic nitrogens is 2. The van der Waals surface area contributed by atoms with E-state index in [9.17, 15) is 14.7 Å². The van der Waals surface area contributed by atoms with Crippen molar-refractivity contribution in [2.75, 3.05) is 13.2 Å². The van der Waals surface area contributed by atoms with Crippen LogP contribution in [0.25, 0.3) is 16.7 Å². The number of hydrogen-bond acceptors (Lipinski definition) is 3. The van der Waals surface area contributed by atoms with E-state index in [1.807, 2.05) is 38.1 Å². The first kappa shape index (κ1) is 23.4. The monoisotopic (exact) mass is 490 g/mol. The van der Waals surface area contributed by atoms with Gasteiger partial charge in [-0.2, -0.15) is 0 Å². The normalized spacial score (nSPS) is 14.9. The Hall–Kier alpha value is -3.35. The Morgan fingerprint density at radius 1 is 1.00 bits per heavy atom. The van der Waals surface area contributed by atoms with Crippen LogP contribution in [-0.2, 0) is 10.3 Å². The van der Waals surface area contributed by atoms with Crippen molar-refractivity contribution in [2.45, 2.75) is 38.1 Å². The maximum atomic E-state index is 14.0. The molecule has 1 saturated heterocycles. The fraction of sp³-hybridized carbons (Fsp3) is 0.286. The zero-order chi connectivity index (χ0) is 24.7. The lowest BCUT2D eigenvalue weighted by Gasteiger charge is -2.27. The fourth-order valence-corrected chi connectivity index (χ4v) is 5.22. The third-order valence-electron chi connectivity index (χ3n) is 7.02. The number of aromatic carboxylic acids is 1. The van der Waals surface area contributed by atoms with E-state index in [0.29, 0.717) is 16.5 Å². The highest BCUT2D eigenvalue weighted by molar-refractivity contribution is 6.31. The van der Waals surface area contributed by atoms with Crippen LogP contribution >= 0.6 is 11.6 Å². The van der Waals surface area contributed by atoms with Crippen LogP contribution in [0, 0.1) is 0 Å². The first-order valence-corrected chi connectivity index (χ1v) is 12.1. The molecule has 1 fully saturated rings. The molecule has 0 amide bonds. The molecular weight excluding hydrogens is 464 g/mol. The first-order valence-electron chi connectivity index (χ1n) is 11.7. The van der Waals surface area contributed by atoms with Gasteiger partial charge in [-0.3, -0.25) is 9.13 Å². The van der Waals surface area contributed by atoms with E-state index in [1.54, 1.807) is 39.5 Å². The maximum Gasteiger partial charge on any atom is 0.335 e. The Balaban J connectivity index is 1.66. The lowest BCUT2D eigenvalue weighted by molar-refractivity contribution is 0.0696. The van der Waals surface area contributed by atoms with Gasteiger partial charge in [0.2, 0.25) is 0 Å². The van der Waals surface area contributed by atoms with E-state index in [1.165, 1.54) is 5.56 Å². The molecule has 0 bridgehead atoms. The van der Waals surface area contributed by atoms with Gasteiger partial charge in [0.15, 0.2) is 0 Å². The lowest BCUT2D eigenvalue weighted by atomic mass is 9.92. The van der Waals surface area contributed by atoms with Crippen molar-refractivity contribution in [2.24, 2.45) is 0 Å². The van der Waals surface area contributed by atoms with Crippen molar-refractivity contribution in [1.82, 2.24) is 9.13 Å². The molecule has 6 nitrogen and oxygen atoms in total. The van der Waals surface area contributed by atoms with Gasteiger partial charge >= 0.3 is 11.7 Å². The summed E-state index contributed by atoms with van der Waals surface area (Å²) in [6, 6.07) is 20.3. The fourth-order valence-electron chi connectivity index (χ4n) is 5.05. The van der Waals surface area contributed by atoms with Crippen molar-refractivity contribution >= 4 is 28.6 Å². The largest absolute Gasteiger partial charge is 0.478 e. The Morgan fingerprint density at radius 3 is 2.40 bits per heavy atom. The number of nitrogens with zero attached hydrogens (tertiary/aromatic N) is 2. The molecule has 2 heterocycles. The van der Waals surface area contributed by atoms with Gasteiger partial charge < -0.3 is 9.84 Å². The van der Waals surface area contributed by atoms with Gasteiger partial charge in [-0.25, -0.2) is 9.59 Å². The number of rotatable bonds is 5. The SMILES string of the molecule is CC(C)(c1cccc(C(=O)O)c1)n1c(=O)n(-c2ccc(C3CCOCC3)cc2)c2cc(Cl)ccc21. The summed E-state index contributed by atoms with van der Waals surface area (Å²) in [5.41, 5.74) is 3.29. The third-order valence-corrected chi connectivity index (χ3v) is 7.26. The van der Waals surface area contributed by atoms with Gasteiger partial charge in [-0.1, -0.05) is 35.9 Å². The van der Waals surface area contributed by atoms with Gasteiger partial charge in [0.05, 0.1) is 27.8 Å². The Kier molecular flexibility index (Phi) is 6.03. The molecule has 1 aromatic heterocycles. The standard InChI is InChI=1S/C28H27ClN2O4/c1-28(2,21-5-3-4-20(16-21)26(32)33)31-24-11-8-22(29)17-25(24)30(27(31)34)23-9-6-18(7-10-23)19-12-14-35-15-13-19/h3-11,16-17,19H,12-15H2,1-2H3,(H,32,33). The average molecular weight is 491 g/mol. The van der Waals surface area contributed by atoms with Crippen molar-refractivity contribution < 1.29 is 14.6 Å². The van der Waals surface area contributed by atoms with E-state index >= 15 is 0 Å². The summed E-state index contributed by atoms with van der Waals surface area (Å²) in [6.45, 7) is 5.38. The zero-order valence-corrected chi connectivity index (χ0v) is 20.5. The molecule has 5 rings (SSSR count). The van der Waals surface area contributed by atoms with E-state index in [0.717, 1.165) is 42.8 Å². The molecule has 1 aliphatic rings. The molecule has 1 aliphatic heterocycles. The minimum atomic E-state index is -1.01. The minimum absolute atomic E-state index is 0.180. The molecule has 0 atom stereocenters. The van der Waals surface area contributed by atoms with Gasteiger partial charge in [0.1, 0.15) is 0 Å². The second-order valence-electron chi connectivity index (χ2n) is 9.51. The number of imidazole rings is 1. The summed E-state index contributed by atoms with van der Waals surface area (Å²) >= 11 is 6.35. The van der Waals surface area contributed by atoms with Gasteiger partial charge in [-0.05, 0) is 86.2 Å². The smallest absolute Gasteiger partial charge is 0.335 e. The molecule has 0 aliphatic carbocycles. The molecule has 35 heavy (non-hydrogen) atoms. The van der Waals surface area contributed by atoms with Crippen LogP contribution in [0.15, 0.2) is 71.5 Å². The summed E-state index contributed by atoms with van der Waals surface area (Å²) in [5, 5.41) is 10.0. The number of ether oxygens (including phenoxy) is 1. The predicted octanol–water partition coefficient (Wildman–Crippen LogP) is 5.82. The third kappa shape index (κ3) is 4.17. The quantitative estimate of drug-likeness (QED) is 0.382. The van der Waals surface area contributed by atoms with Crippen LogP contribution in [-0.4, -0.2) is 33.4 Å². The van der Waals surface area contributed by atoms with Crippen LogP contribution in [0.3, 0.4) is 0 Å². The predicted molar refractivity (Wildman–Crippen MR) is 137 cm³/mol. The molecule has 7 heteroatoms. The molecule has 180 valence electrons. The van der Waals surface area contributed by atoms with E-state index in [2.05, 4.69) is 12.1 Å². The highest BCUT2D eigenvalue weighted by Crippen LogP contribution is 2.32. The van der Waals surface area contributed by atoms with Crippen LogP contribution in [0.5, 0.6) is 0 Å². The topological polar surface area (TPSA) is 73.5 Å². The Labute approximate surface area is 208 Å². The summed E-state index contributed by atoms with van der Waals surface area (Å²) < 4.78 is 8.88. The number of carboxylic acid groups (broad SMARTS) is 1. The molecule has 1 N–H and O–H groups in total.